The Kier molecular flexibility index (Phi) is 9.92. The highest BCUT2D eigenvalue weighted by molar-refractivity contribution is 9.10. The van der Waals surface area contributed by atoms with E-state index in [1.165, 1.54) is 0 Å². The van der Waals surface area contributed by atoms with E-state index in [0.29, 0.717) is 23.2 Å². The highest BCUT2D eigenvalue weighted by atomic mass is 79.9. The number of carbonyl (C=O) groups is 4. The first kappa shape index (κ1) is 32.2. The van der Waals surface area contributed by atoms with Crippen LogP contribution in [0.3, 0.4) is 0 Å². The van der Waals surface area contributed by atoms with E-state index in [4.69, 9.17) is 14.2 Å². The van der Waals surface area contributed by atoms with Crippen LogP contribution in [0.25, 0.3) is 6.08 Å². The lowest BCUT2D eigenvalue weighted by Gasteiger charge is -2.24. The third kappa shape index (κ3) is 6.47. The number of aromatic amines is 1. The van der Waals surface area contributed by atoms with Crippen LogP contribution in [0.2, 0.25) is 0 Å². The van der Waals surface area contributed by atoms with Gasteiger partial charge in [0.2, 0.25) is 5.91 Å². The van der Waals surface area contributed by atoms with E-state index in [0.717, 1.165) is 38.0 Å². The molecule has 2 N–H and O–H groups in total. The molecule has 0 saturated carbocycles. The van der Waals surface area contributed by atoms with Crippen molar-refractivity contribution >= 4 is 51.5 Å². The average Bonchev–Trinajstić information content (AvgIpc) is 3.65. The van der Waals surface area contributed by atoms with Crippen LogP contribution < -0.4 is 5.32 Å². The molecule has 2 atom stereocenters. The fourth-order valence-electron chi connectivity index (χ4n) is 6.51. The van der Waals surface area contributed by atoms with Gasteiger partial charge in [-0.1, -0.05) is 51.8 Å². The van der Waals surface area contributed by atoms with Gasteiger partial charge < -0.3 is 24.5 Å². The van der Waals surface area contributed by atoms with E-state index in [-0.39, 0.29) is 56.6 Å². The lowest BCUT2D eigenvalue weighted by Crippen LogP contribution is -2.21. The molecule has 1 aliphatic heterocycles. The Labute approximate surface area is 270 Å². The highest BCUT2D eigenvalue weighted by Gasteiger charge is 2.43. The number of aromatic nitrogens is 1. The smallest absolute Gasteiger partial charge is 0.355 e. The molecule has 0 radical (unpaired) electrons. The second kappa shape index (κ2) is 13.9. The SMILES string of the molecule is CCOC(=O)CCc1c(C(=O)OCC)[nH]c(CC2=Cc3ccccc3C2C2C(=O)Nc3ccc(Br)c(C)c32)c1CC(=O)OCC. The third-order valence-electron chi connectivity index (χ3n) is 8.38. The molecule has 10 heteroatoms. The number of allylic oxidation sites excluding steroid dienone is 1. The van der Waals surface area contributed by atoms with Gasteiger partial charge in [-0.2, -0.15) is 0 Å². The fraction of sp³-hybridized carbons (Fsp3) is 0.371. The van der Waals surface area contributed by atoms with Crippen LogP contribution >= 0.6 is 15.9 Å². The molecule has 2 aliphatic rings. The van der Waals surface area contributed by atoms with Crippen LogP contribution in [0.1, 0.15) is 88.6 Å². The fourth-order valence-corrected chi connectivity index (χ4v) is 6.86. The topological polar surface area (TPSA) is 124 Å². The standard InChI is InChI=1S/C35H37BrN2O7/c1-5-43-28(39)15-12-23-24(18-29(40)44-6-2)27(37-33(23)35(42)45-7-3)17-21-16-20-10-8-9-11-22(20)31(21)32-30-19(4)25(36)13-14-26(30)38-34(32)41/h8-11,13-14,16,31-32,37H,5-7,12,15,17-18H2,1-4H3,(H,38,41). The van der Waals surface area contributed by atoms with Crippen LogP contribution in [0, 0.1) is 6.92 Å². The minimum atomic E-state index is -0.572. The molecule has 0 spiro atoms. The van der Waals surface area contributed by atoms with Gasteiger partial charge in [0.15, 0.2) is 0 Å². The van der Waals surface area contributed by atoms with Gasteiger partial charge >= 0.3 is 17.9 Å². The van der Waals surface area contributed by atoms with E-state index in [2.05, 4.69) is 32.3 Å². The van der Waals surface area contributed by atoms with E-state index >= 15 is 0 Å². The number of rotatable bonds is 12. The van der Waals surface area contributed by atoms with E-state index in [9.17, 15) is 19.2 Å². The molecule has 1 amide bonds. The molecule has 45 heavy (non-hydrogen) atoms. The van der Waals surface area contributed by atoms with Crippen LogP contribution in [-0.4, -0.2) is 48.6 Å². The summed E-state index contributed by atoms with van der Waals surface area (Å²) in [5.41, 5.74) is 7.70. The Bertz CT molecular complexity index is 1690. The number of halogens is 1. The van der Waals surface area contributed by atoms with Crippen molar-refractivity contribution in [3.05, 3.63) is 91.2 Å². The summed E-state index contributed by atoms with van der Waals surface area (Å²) in [5.74, 6) is -2.28. The summed E-state index contributed by atoms with van der Waals surface area (Å²) in [6, 6.07) is 11.9. The van der Waals surface area contributed by atoms with Crippen molar-refractivity contribution in [3.8, 4) is 0 Å². The van der Waals surface area contributed by atoms with Crippen molar-refractivity contribution < 1.29 is 33.4 Å². The normalized spacial score (nSPS) is 16.5. The molecule has 236 valence electrons. The molecular weight excluding hydrogens is 640 g/mol. The number of anilines is 1. The Morgan fingerprint density at radius 3 is 2.33 bits per heavy atom. The predicted molar refractivity (Wildman–Crippen MR) is 173 cm³/mol. The molecule has 2 heterocycles. The quantitative estimate of drug-likeness (QED) is 0.170. The molecule has 5 rings (SSSR count). The van der Waals surface area contributed by atoms with Crippen LogP contribution in [-0.2, 0) is 47.9 Å². The number of hydrogen-bond donors (Lipinski definition) is 2. The van der Waals surface area contributed by atoms with Gasteiger partial charge in [-0.05, 0) is 79.6 Å². The molecule has 2 aromatic carbocycles. The maximum atomic E-state index is 13.7. The highest BCUT2D eigenvalue weighted by Crippen LogP contribution is 2.52. The third-order valence-corrected chi connectivity index (χ3v) is 9.24. The molecule has 1 aliphatic carbocycles. The maximum absolute atomic E-state index is 13.7. The summed E-state index contributed by atoms with van der Waals surface area (Å²) in [5, 5.41) is 3.08. The van der Waals surface area contributed by atoms with Gasteiger partial charge in [-0.3, -0.25) is 14.4 Å². The second-order valence-electron chi connectivity index (χ2n) is 11.0. The molecule has 2 unspecified atom stereocenters. The van der Waals surface area contributed by atoms with Gasteiger partial charge in [0, 0.05) is 34.6 Å². The maximum Gasteiger partial charge on any atom is 0.355 e. The number of hydrogen-bond acceptors (Lipinski definition) is 7. The molecule has 0 bridgehead atoms. The van der Waals surface area contributed by atoms with E-state index < -0.39 is 23.8 Å². The molecular formula is C35H37BrN2O7. The van der Waals surface area contributed by atoms with E-state index in [1.807, 2.05) is 43.3 Å². The summed E-state index contributed by atoms with van der Waals surface area (Å²) in [7, 11) is 0. The second-order valence-corrected chi connectivity index (χ2v) is 11.9. The summed E-state index contributed by atoms with van der Waals surface area (Å²) in [4.78, 5) is 55.4. The van der Waals surface area contributed by atoms with Gasteiger partial charge in [-0.15, -0.1) is 0 Å². The first-order chi connectivity index (χ1) is 21.7. The number of amides is 1. The summed E-state index contributed by atoms with van der Waals surface area (Å²) in [6.07, 6.45) is 2.52. The molecule has 0 fully saturated rings. The first-order valence-electron chi connectivity index (χ1n) is 15.3. The number of benzene rings is 2. The number of carbonyl (C=O) groups excluding carboxylic acids is 4. The number of esters is 3. The summed E-state index contributed by atoms with van der Waals surface area (Å²) in [6.45, 7) is 7.79. The van der Waals surface area contributed by atoms with Crippen molar-refractivity contribution in [1.82, 2.24) is 4.98 Å². The zero-order valence-electron chi connectivity index (χ0n) is 25.9. The minimum absolute atomic E-state index is 0.0251. The van der Waals surface area contributed by atoms with Gasteiger partial charge in [-0.25, -0.2) is 4.79 Å². The van der Waals surface area contributed by atoms with Crippen molar-refractivity contribution in [2.75, 3.05) is 25.1 Å². The molecule has 9 nitrogen and oxygen atoms in total. The monoisotopic (exact) mass is 676 g/mol. The predicted octanol–water partition coefficient (Wildman–Crippen LogP) is 6.32. The number of nitrogens with one attached hydrogen (secondary N) is 2. The van der Waals surface area contributed by atoms with Gasteiger partial charge in [0.25, 0.3) is 0 Å². The van der Waals surface area contributed by atoms with Gasteiger partial charge in [0.1, 0.15) is 5.69 Å². The molecule has 0 saturated heterocycles. The van der Waals surface area contributed by atoms with Gasteiger partial charge in [0.05, 0.1) is 32.2 Å². The lowest BCUT2D eigenvalue weighted by atomic mass is 9.77. The van der Waals surface area contributed by atoms with Crippen molar-refractivity contribution in [2.24, 2.45) is 0 Å². The van der Waals surface area contributed by atoms with Crippen molar-refractivity contribution in [3.63, 3.8) is 0 Å². The summed E-state index contributed by atoms with van der Waals surface area (Å²) < 4.78 is 16.7. The van der Waals surface area contributed by atoms with Crippen LogP contribution in [0.5, 0.6) is 0 Å². The first-order valence-corrected chi connectivity index (χ1v) is 16.1. The zero-order valence-corrected chi connectivity index (χ0v) is 27.5. The lowest BCUT2D eigenvalue weighted by molar-refractivity contribution is -0.143. The zero-order chi connectivity index (χ0) is 32.2. The number of ether oxygens (including phenoxy) is 3. The number of H-pyrrole nitrogens is 1. The number of fused-ring (bicyclic) bond motifs is 2. The summed E-state index contributed by atoms with van der Waals surface area (Å²) >= 11 is 3.64. The molecule has 3 aromatic rings. The Morgan fingerprint density at radius 1 is 0.889 bits per heavy atom. The minimum Gasteiger partial charge on any atom is -0.466 e. The average molecular weight is 678 g/mol. The largest absolute Gasteiger partial charge is 0.466 e. The van der Waals surface area contributed by atoms with E-state index in [1.54, 1.807) is 20.8 Å². The Hall–Kier alpha value is -4.18. The van der Waals surface area contributed by atoms with Crippen LogP contribution in [0.4, 0.5) is 5.69 Å². The Balaban J connectivity index is 1.61. The van der Waals surface area contributed by atoms with Crippen molar-refractivity contribution in [1.29, 1.82) is 0 Å². The Morgan fingerprint density at radius 2 is 1.60 bits per heavy atom. The van der Waals surface area contributed by atoms with Crippen LogP contribution in [0.15, 0.2) is 46.4 Å². The van der Waals surface area contributed by atoms with Crippen molar-refractivity contribution in [2.45, 2.75) is 65.2 Å². The molecule has 1 aromatic heterocycles.